The summed E-state index contributed by atoms with van der Waals surface area (Å²) < 4.78 is 9.33. The Morgan fingerprint density at radius 2 is 1.67 bits per heavy atom. The number of carboxylic acids is 1. The summed E-state index contributed by atoms with van der Waals surface area (Å²) in [6, 6.07) is 0. The number of carbonyl (C=O) groups is 1. The first kappa shape index (κ1) is 10.9. The van der Waals surface area contributed by atoms with Crippen molar-refractivity contribution in [2.24, 2.45) is 0 Å². The monoisotopic (exact) mass is 176 g/mol. The number of aliphatic hydroxyl groups excluding tert-OH is 1. The molecule has 70 valence electrons. The summed E-state index contributed by atoms with van der Waals surface area (Å²) in [5.41, 5.74) is -0.292. The topological polar surface area (TPSA) is 76.0 Å². The van der Waals surface area contributed by atoms with Crippen LogP contribution in [0.2, 0.25) is 0 Å². The molecule has 0 spiro atoms. The van der Waals surface area contributed by atoms with Gasteiger partial charge in [-0.3, -0.25) is 0 Å². The lowest BCUT2D eigenvalue weighted by atomic mass is 10.2. The number of rotatable bonds is 4. The summed E-state index contributed by atoms with van der Waals surface area (Å²) in [5, 5.41) is 17.6. The number of methoxy groups -OCH3 is 2. The molecule has 0 atom stereocenters. The predicted octanol–water partition coefficient (Wildman–Crippen LogP) is 0.522. The zero-order valence-corrected chi connectivity index (χ0v) is 7.20. The van der Waals surface area contributed by atoms with E-state index in [0.29, 0.717) is 0 Å². The van der Waals surface area contributed by atoms with E-state index in [9.17, 15) is 4.79 Å². The van der Waals surface area contributed by atoms with Crippen LogP contribution in [-0.2, 0) is 14.3 Å². The molecule has 0 aliphatic heterocycles. The Kier molecular flexibility index (Phi) is 4.31. The largest absolute Gasteiger partial charge is 0.512 e. The Bertz CT molecular complexity index is 188. The molecule has 0 radical (unpaired) electrons. The molecule has 0 aliphatic carbocycles. The van der Waals surface area contributed by atoms with Gasteiger partial charge in [0.05, 0.1) is 0 Å². The molecule has 0 saturated heterocycles. The lowest BCUT2D eigenvalue weighted by Gasteiger charge is -2.14. The van der Waals surface area contributed by atoms with Crippen molar-refractivity contribution in [2.75, 3.05) is 14.2 Å². The third kappa shape index (κ3) is 2.52. The third-order valence-corrected chi connectivity index (χ3v) is 1.28. The highest BCUT2D eigenvalue weighted by Gasteiger charge is 2.22. The van der Waals surface area contributed by atoms with Crippen molar-refractivity contribution < 1.29 is 24.5 Å². The first-order chi connectivity index (χ1) is 5.54. The quantitative estimate of drug-likeness (QED) is 0.371. The second-order valence-electron chi connectivity index (χ2n) is 2.11. The Morgan fingerprint density at radius 1 is 1.25 bits per heavy atom. The van der Waals surface area contributed by atoms with Crippen molar-refractivity contribution in [3.05, 3.63) is 11.3 Å². The van der Waals surface area contributed by atoms with Gasteiger partial charge in [-0.1, -0.05) is 0 Å². The minimum Gasteiger partial charge on any atom is -0.512 e. The normalized spacial score (nSPS) is 13.0. The minimum atomic E-state index is -1.26. The number of carboxylic acid groups (broad SMARTS) is 1. The molecule has 0 unspecified atom stereocenters. The average Bonchev–Trinajstić information content (AvgIpc) is 1.98. The first-order valence-electron chi connectivity index (χ1n) is 3.23. The fourth-order valence-corrected chi connectivity index (χ4v) is 0.758. The van der Waals surface area contributed by atoms with Crippen molar-refractivity contribution in [3.63, 3.8) is 0 Å². The Labute approximate surface area is 70.2 Å². The molecule has 0 aromatic heterocycles. The van der Waals surface area contributed by atoms with Gasteiger partial charge in [-0.15, -0.1) is 0 Å². The molecular formula is C7H12O5. The lowest BCUT2D eigenvalue weighted by Crippen LogP contribution is -2.23. The molecule has 0 heterocycles. The number of ether oxygens (including phenoxy) is 2. The Morgan fingerprint density at radius 3 is 1.75 bits per heavy atom. The van der Waals surface area contributed by atoms with Gasteiger partial charge < -0.3 is 19.7 Å². The molecule has 2 N–H and O–H groups in total. The van der Waals surface area contributed by atoms with E-state index in [1.807, 2.05) is 0 Å². The van der Waals surface area contributed by atoms with E-state index in [1.165, 1.54) is 21.1 Å². The molecule has 0 bridgehead atoms. The van der Waals surface area contributed by atoms with E-state index in [2.05, 4.69) is 9.47 Å². The lowest BCUT2D eigenvalue weighted by molar-refractivity contribution is -0.140. The third-order valence-electron chi connectivity index (χ3n) is 1.28. The molecule has 0 saturated carbocycles. The van der Waals surface area contributed by atoms with Crippen molar-refractivity contribution in [1.82, 2.24) is 0 Å². The minimum absolute atomic E-state index is 0.292. The summed E-state index contributed by atoms with van der Waals surface area (Å²) in [6.45, 7) is 1.26. The highest BCUT2D eigenvalue weighted by atomic mass is 16.7. The maximum atomic E-state index is 10.5. The molecule has 5 heteroatoms. The molecule has 0 rings (SSSR count). The van der Waals surface area contributed by atoms with Crippen LogP contribution in [0.3, 0.4) is 0 Å². The highest BCUT2D eigenvalue weighted by Crippen LogP contribution is 2.10. The molecular weight excluding hydrogens is 164 g/mol. The zero-order valence-electron chi connectivity index (χ0n) is 7.20. The van der Waals surface area contributed by atoms with Gasteiger partial charge in [0.15, 0.2) is 6.29 Å². The maximum Gasteiger partial charge on any atom is 0.340 e. The average molecular weight is 176 g/mol. The van der Waals surface area contributed by atoms with Gasteiger partial charge >= 0.3 is 5.97 Å². The second-order valence-corrected chi connectivity index (χ2v) is 2.11. The van der Waals surface area contributed by atoms with Gasteiger partial charge in [0.25, 0.3) is 0 Å². The number of allylic oxidation sites excluding steroid dienone is 1. The van der Waals surface area contributed by atoms with E-state index < -0.39 is 12.3 Å². The van der Waals surface area contributed by atoms with Gasteiger partial charge in [-0.05, 0) is 6.92 Å². The van der Waals surface area contributed by atoms with Crippen LogP contribution in [0.4, 0.5) is 0 Å². The van der Waals surface area contributed by atoms with E-state index in [-0.39, 0.29) is 11.3 Å². The molecule has 5 nitrogen and oxygen atoms in total. The summed E-state index contributed by atoms with van der Waals surface area (Å²) in [7, 11) is 2.58. The van der Waals surface area contributed by atoms with Crippen LogP contribution >= 0.6 is 0 Å². The number of aliphatic hydroxyl groups is 1. The van der Waals surface area contributed by atoms with Crippen LogP contribution in [0.15, 0.2) is 11.3 Å². The van der Waals surface area contributed by atoms with Crippen molar-refractivity contribution >= 4 is 5.97 Å². The fraction of sp³-hybridized carbons (Fsp3) is 0.571. The summed E-state index contributed by atoms with van der Waals surface area (Å²) in [4.78, 5) is 10.5. The van der Waals surface area contributed by atoms with Crippen LogP contribution in [0, 0.1) is 0 Å². The van der Waals surface area contributed by atoms with Crippen LogP contribution in [0.1, 0.15) is 6.92 Å². The SMILES string of the molecule is COC(OC)C(C(=O)O)=C(C)O. The van der Waals surface area contributed by atoms with Crippen LogP contribution < -0.4 is 0 Å². The zero-order chi connectivity index (χ0) is 9.72. The van der Waals surface area contributed by atoms with Crippen molar-refractivity contribution in [2.45, 2.75) is 13.2 Å². The molecule has 0 amide bonds. The van der Waals surface area contributed by atoms with Gasteiger partial charge in [0.1, 0.15) is 11.3 Å². The molecule has 0 fully saturated rings. The van der Waals surface area contributed by atoms with Gasteiger partial charge in [-0.2, -0.15) is 0 Å². The Hall–Kier alpha value is -1.07. The van der Waals surface area contributed by atoms with Gasteiger partial charge in [-0.25, -0.2) is 4.79 Å². The molecule has 0 aromatic carbocycles. The fourth-order valence-electron chi connectivity index (χ4n) is 0.758. The summed E-state index contributed by atoms with van der Waals surface area (Å²) in [5.74, 6) is -1.58. The molecule has 0 aliphatic rings. The van der Waals surface area contributed by atoms with Gasteiger partial charge in [0.2, 0.25) is 0 Å². The standard InChI is InChI=1S/C7H12O5/c1-4(8)5(6(9)10)7(11-2)12-3/h7-8H,1-3H3,(H,9,10). The van der Waals surface area contributed by atoms with E-state index in [0.717, 1.165) is 0 Å². The molecule has 12 heavy (non-hydrogen) atoms. The van der Waals surface area contributed by atoms with Crippen LogP contribution in [0.5, 0.6) is 0 Å². The summed E-state index contributed by atoms with van der Waals surface area (Å²) in [6.07, 6.45) is -1.03. The maximum absolute atomic E-state index is 10.5. The van der Waals surface area contributed by atoms with E-state index >= 15 is 0 Å². The van der Waals surface area contributed by atoms with E-state index in [4.69, 9.17) is 10.2 Å². The van der Waals surface area contributed by atoms with Crippen LogP contribution in [0.25, 0.3) is 0 Å². The van der Waals surface area contributed by atoms with Crippen molar-refractivity contribution in [1.29, 1.82) is 0 Å². The number of hydrogen-bond donors (Lipinski definition) is 2. The number of hydrogen-bond acceptors (Lipinski definition) is 4. The second kappa shape index (κ2) is 4.74. The predicted molar refractivity (Wildman–Crippen MR) is 40.8 cm³/mol. The number of aliphatic carboxylic acids is 1. The summed E-state index contributed by atoms with van der Waals surface area (Å²) >= 11 is 0. The van der Waals surface area contributed by atoms with E-state index in [1.54, 1.807) is 0 Å². The smallest absolute Gasteiger partial charge is 0.340 e. The Balaban J connectivity index is 4.74. The van der Waals surface area contributed by atoms with Gasteiger partial charge in [0, 0.05) is 14.2 Å². The first-order valence-corrected chi connectivity index (χ1v) is 3.23. The van der Waals surface area contributed by atoms with Crippen molar-refractivity contribution in [3.8, 4) is 0 Å². The highest BCUT2D eigenvalue weighted by molar-refractivity contribution is 5.87. The molecule has 0 aromatic rings. The van der Waals surface area contributed by atoms with Crippen LogP contribution in [-0.4, -0.2) is 36.7 Å².